The van der Waals surface area contributed by atoms with Crippen LogP contribution in [-0.2, 0) is 4.74 Å². The van der Waals surface area contributed by atoms with Crippen LogP contribution in [0.25, 0.3) is 0 Å². The maximum Gasteiger partial charge on any atom is 0.0468 e. The van der Waals surface area contributed by atoms with Crippen molar-refractivity contribution in [2.75, 3.05) is 19.0 Å². The Morgan fingerprint density at radius 3 is 1.94 bits per heavy atom. The van der Waals surface area contributed by atoms with Crippen molar-refractivity contribution < 1.29 is 4.74 Å². The van der Waals surface area contributed by atoms with Gasteiger partial charge in [0.05, 0.1) is 0 Å². The SMILES string of the molecule is CC(C)CCOCCCCCCCCCS. The largest absolute Gasteiger partial charge is 0.381 e. The fourth-order valence-corrected chi connectivity index (χ4v) is 1.84. The summed E-state index contributed by atoms with van der Waals surface area (Å²) in [6.07, 6.45) is 10.6. The minimum atomic E-state index is 0.770. The molecule has 0 saturated heterocycles. The topological polar surface area (TPSA) is 9.23 Å². The molecule has 0 saturated carbocycles. The summed E-state index contributed by atoms with van der Waals surface area (Å²) in [6.45, 7) is 6.39. The first-order chi connectivity index (χ1) is 7.77. The van der Waals surface area contributed by atoms with Gasteiger partial charge in [0.25, 0.3) is 0 Å². The standard InChI is InChI=1S/C14H30OS/c1-14(2)10-12-15-11-8-6-4-3-5-7-9-13-16/h14,16H,3-13H2,1-2H3. The number of rotatable bonds is 12. The van der Waals surface area contributed by atoms with E-state index in [0.717, 1.165) is 24.9 Å². The summed E-state index contributed by atoms with van der Waals surface area (Å²) in [7, 11) is 0. The van der Waals surface area contributed by atoms with Crippen LogP contribution in [0.5, 0.6) is 0 Å². The van der Waals surface area contributed by atoms with Crippen LogP contribution < -0.4 is 0 Å². The molecule has 0 radical (unpaired) electrons. The molecule has 0 aromatic rings. The van der Waals surface area contributed by atoms with Gasteiger partial charge in [0.15, 0.2) is 0 Å². The maximum absolute atomic E-state index is 5.58. The lowest BCUT2D eigenvalue weighted by Gasteiger charge is -2.06. The summed E-state index contributed by atoms with van der Waals surface area (Å²) in [5.74, 6) is 1.82. The Labute approximate surface area is 108 Å². The molecule has 16 heavy (non-hydrogen) atoms. The van der Waals surface area contributed by atoms with Gasteiger partial charge in [-0.1, -0.05) is 46.0 Å². The Morgan fingerprint density at radius 2 is 1.38 bits per heavy atom. The van der Waals surface area contributed by atoms with Crippen molar-refractivity contribution in [1.29, 1.82) is 0 Å². The average Bonchev–Trinajstić information content (AvgIpc) is 2.25. The Kier molecular flexibility index (Phi) is 13.6. The molecule has 0 aliphatic rings. The van der Waals surface area contributed by atoms with Gasteiger partial charge < -0.3 is 4.74 Å². The van der Waals surface area contributed by atoms with Gasteiger partial charge in [0, 0.05) is 13.2 Å². The van der Waals surface area contributed by atoms with E-state index in [1.807, 2.05) is 0 Å². The van der Waals surface area contributed by atoms with Crippen LogP contribution in [0.2, 0.25) is 0 Å². The zero-order valence-electron chi connectivity index (χ0n) is 11.2. The molecule has 0 fully saturated rings. The molecule has 0 bridgehead atoms. The van der Waals surface area contributed by atoms with Crippen molar-refractivity contribution in [3.05, 3.63) is 0 Å². The third-order valence-electron chi connectivity index (χ3n) is 2.79. The van der Waals surface area contributed by atoms with Crippen molar-refractivity contribution in [2.45, 2.75) is 65.2 Å². The molecule has 0 atom stereocenters. The van der Waals surface area contributed by atoms with E-state index < -0.39 is 0 Å². The zero-order chi connectivity index (χ0) is 12.1. The highest BCUT2D eigenvalue weighted by molar-refractivity contribution is 7.80. The average molecular weight is 246 g/mol. The first kappa shape index (κ1) is 16.3. The number of hydrogen-bond donors (Lipinski definition) is 1. The highest BCUT2D eigenvalue weighted by Crippen LogP contribution is 2.08. The molecular formula is C14H30OS. The molecule has 0 aromatic carbocycles. The van der Waals surface area contributed by atoms with Gasteiger partial charge in [0.1, 0.15) is 0 Å². The summed E-state index contributed by atoms with van der Waals surface area (Å²) in [4.78, 5) is 0. The Hall–Kier alpha value is 0.310. The number of hydrogen-bond acceptors (Lipinski definition) is 2. The summed E-state index contributed by atoms with van der Waals surface area (Å²) >= 11 is 4.21. The van der Waals surface area contributed by atoms with Gasteiger partial charge in [-0.3, -0.25) is 0 Å². The molecule has 0 N–H and O–H groups in total. The fourth-order valence-electron chi connectivity index (χ4n) is 1.62. The molecule has 0 aromatic heterocycles. The molecule has 1 nitrogen and oxygen atoms in total. The predicted octanol–water partition coefficient (Wildman–Crippen LogP) is 4.71. The Bertz CT molecular complexity index is 126. The monoisotopic (exact) mass is 246 g/mol. The molecule has 0 aliphatic heterocycles. The van der Waals surface area contributed by atoms with E-state index in [1.165, 1.54) is 51.4 Å². The Balaban J connectivity index is 2.88. The molecule has 0 rings (SSSR count). The number of thiol groups is 1. The van der Waals surface area contributed by atoms with Crippen molar-refractivity contribution in [2.24, 2.45) is 5.92 Å². The number of ether oxygens (including phenoxy) is 1. The highest BCUT2D eigenvalue weighted by Gasteiger charge is 1.94. The van der Waals surface area contributed by atoms with Gasteiger partial charge in [-0.25, -0.2) is 0 Å². The molecule has 0 amide bonds. The van der Waals surface area contributed by atoms with Crippen LogP contribution in [0.3, 0.4) is 0 Å². The van der Waals surface area contributed by atoms with Crippen molar-refractivity contribution >= 4 is 12.6 Å². The minimum Gasteiger partial charge on any atom is -0.381 e. The first-order valence-corrected chi connectivity index (χ1v) is 7.59. The van der Waals surface area contributed by atoms with E-state index >= 15 is 0 Å². The molecule has 98 valence electrons. The van der Waals surface area contributed by atoms with Crippen LogP contribution in [0.15, 0.2) is 0 Å². The summed E-state index contributed by atoms with van der Waals surface area (Å²) in [5.41, 5.74) is 0. The van der Waals surface area contributed by atoms with E-state index in [1.54, 1.807) is 0 Å². The number of unbranched alkanes of at least 4 members (excludes halogenated alkanes) is 6. The third-order valence-corrected chi connectivity index (χ3v) is 3.10. The summed E-state index contributed by atoms with van der Waals surface area (Å²) in [5, 5.41) is 0. The molecule has 0 aliphatic carbocycles. The fraction of sp³-hybridized carbons (Fsp3) is 1.00. The minimum absolute atomic E-state index is 0.770. The van der Waals surface area contributed by atoms with Gasteiger partial charge in [-0.2, -0.15) is 12.6 Å². The van der Waals surface area contributed by atoms with Crippen LogP contribution in [0.4, 0.5) is 0 Å². The van der Waals surface area contributed by atoms with Crippen molar-refractivity contribution in [1.82, 2.24) is 0 Å². The van der Waals surface area contributed by atoms with E-state index in [4.69, 9.17) is 4.74 Å². The predicted molar refractivity (Wildman–Crippen MR) is 76.4 cm³/mol. The van der Waals surface area contributed by atoms with E-state index in [9.17, 15) is 0 Å². The van der Waals surface area contributed by atoms with E-state index in [2.05, 4.69) is 26.5 Å². The van der Waals surface area contributed by atoms with E-state index in [0.29, 0.717) is 0 Å². The molecule has 2 heteroatoms. The molecular weight excluding hydrogens is 216 g/mol. The lowest BCUT2D eigenvalue weighted by atomic mass is 10.1. The quantitative estimate of drug-likeness (QED) is 0.387. The lowest BCUT2D eigenvalue weighted by Crippen LogP contribution is -2.00. The van der Waals surface area contributed by atoms with Crippen LogP contribution >= 0.6 is 12.6 Å². The summed E-state index contributed by atoms with van der Waals surface area (Å²) < 4.78 is 5.58. The van der Waals surface area contributed by atoms with Gasteiger partial charge in [0.2, 0.25) is 0 Å². The van der Waals surface area contributed by atoms with Crippen LogP contribution in [0.1, 0.15) is 65.2 Å². The van der Waals surface area contributed by atoms with Gasteiger partial charge in [-0.15, -0.1) is 0 Å². The lowest BCUT2D eigenvalue weighted by molar-refractivity contribution is 0.119. The smallest absolute Gasteiger partial charge is 0.0468 e. The molecule has 0 heterocycles. The maximum atomic E-state index is 5.58. The molecule has 0 unspecified atom stereocenters. The second kappa shape index (κ2) is 13.4. The Morgan fingerprint density at radius 1 is 0.812 bits per heavy atom. The van der Waals surface area contributed by atoms with Gasteiger partial charge >= 0.3 is 0 Å². The van der Waals surface area contributed by atoms with Crippen LogP contribution in [-0.4, -0.2) is 19.0 Å². The normalized spacial score (nSPS) is 11.2. The third kappa shape index (κ3) is 14.3. The first-order valence-electron chi connectivity index (χ1n) is 6.96. The second-order valence-electron chi connectivity index (χ2n) is 4.99. The highest BCUT2D eigenvalue weighted by atomic mass is 32.1. The summed E-state index contributed by atoms with van der Waals surface area (Å²) in [6, 6.07) is 0. The van der Waals surface area contributed by atoms with E-state index in [-0.39, 0.29) is 0 Å². The molecule has 0 spiro atoms. The van der Waals surface area contributed by atoms with Crippen molar-refractivity contribution in [3.63, 3.8) is 0 Å². The van der Waals surface area contributed by atoms with Gasteiger partial charge in [-0.05, 0) is 30.9 Å². The van der Waals surface area contributed by atoms with Crippen LogP contribution in [0, 0.1) is 5.92 Å². The van der Waals surface area contributed by atoms with Crippen molar-refractivity contribution in [3.8, 4) is 0 Å². The zero-order valence-corrected chi connectivity index (χ0v) is 12.1. The second-order valence-corrected chi connectivity index (χ2v) is 5.44.